The molecule has 0 spiro atoms. The number of fused-ring (bicyclic) bond motifs is 1. The SMILES string of the molecule is O=C(CCC(F)(F)F)N1CCC[C@@H](Cc2ccnc(-c3cnc4ccc(F)cn34)n2)C1. The van der Waals surface area contributed by atoms with E-state index in [1.165, 1.54) is 17.2 Å². The summed E-state index contributed by atoms with van der Waals surface area (Å²) in [5.74, 6) is -0.353. The van der Waals surface area contributed by atoms with Gasteiger partial charge in [0, 0.05) is 37.6 Å². The van der Waals surface area contributed by atoms with E-state index in [0.29, 0.717) is 36.7 Å². The van der Waals surface area contributed by atoms with Crippen molar-refractivity contribution in [3.63, 3.8) is 0 Å². The molecule has 0 saturated carbocycles. The van der Waals surface area contributed by atoms with Crippen LogP contribution in [0.5, 0.6) is 0 Å². The smallest absolute Gasteiger partial charge is 0.342 e. The Bertz CT molecular complexity index is 1080. The number of rotatable bonds is 5. The van der Waals surface area contributed by atoms with Crippen LogP contribution in [0.3, 0.4) is 0 Å². The molecular weight excluding hydrogens is 414 g/mol. The fourth-order valence-corrected chi connectivity index (χ4v) is 3.91. The van der Waals surface area contributed by atoms with E-state index in [1.54, 1.807) is 28.9 Å². The number of hydrogen-bond acceptors (Lipinski definition) is 4. The molecule has 1 aliphatic rings. The van der Waals surface area contributed by atoms with Gasteiger partial charge in [-0.25, -0.2) is 19.3 Å². The summed E-state index contributed by atoms with van der Waals surface area (Å²) in [6.45, 7) is 0.895. The number of aromatic nitrogens is 4. The zero-order chi connectivity index (χ0) is 22.0. The minimum Gasteiger partial charge on any atom is -0.342 e. The van der Waals surface area contributed by atoms with Crippen LogP contribution < -0.4 is 0 Å². The van der Waals surface area contributed by atoms with Gasteiger partial charge in [0.15, 0.2) is 5.82 Å². The second-order valence-corrected chi connectivity index (χ2v) is 7.76. The van der Waals surface area contributed by atoms with Gasteiger partial charge in [-0.1, -0.05) is 0 Å². The van der Waals surface area contributed by atoms with Crippen LogP contribution in [0.15, 0.2) is 36.8 Å². The van der Waals surface area contributed by atoms with Crippen LogP contribution in [0, 0.1) is 11.7 Å². The van der Waals surface area contributed by atoms with Crippen molar-refractivity contribution in [3.8, 4) is 11.5 Å². The maximum atomic E-state index is 13.6. The van der Waals surface area contributed by atoms with Gasteiger partial charge in [0.25, 0.3) is 0 Å². The maximum Gasteiger partial charge on any atom is 0.389 e. The number of carbonyl (C=O) groups is 1. The van der Waals surface area contributed by atoms with E-state index >= 15 is 0 Å². The lowest BCUT2D eigenvalue weighted by Crippen LogP contribution is -2.40. The quantitative estimate of drug-likeness (QED) is 0.567. The largest absolute Gasteiger partial charge is 0.389 e. The number of likely N-dealkylation sites (tertiary alicyclic amines) is 1. The first-order chi connectivity index (χ1) is 14.8. The van der Waals surface area contributed by atoms with Crippen LogP contribution >= 0.6 is 0 Å². The molecule has 0 radical (unpaired) electrons. The zero-order valence-corrected chi connectivity index (χ0v) is 16.6. The molecule has 10 heteroatoms. The van der Waals surface area contributed by atoms with E-state index in [0.717, 1.165) is 18.5 Å². The van der Waals surface area contributed by atoms with E-state index in [9.17, 15) is 22.4 Å². The molecule has 31 heavy (non-hydrogen) atoms. The van der Waals surface area contributed by atoms with Gasteiger partial charge in [-0.15, -0.1) is 0 Å². The summed E-state index contributed by atoms with van der Waals surface area (Å²) in [6.07, 6.45) is 0.754. The number of nitrogens with zero attached hydrogens (tertiary/aromatic N) is 5. The summed E-state index contributed by atoms with van der Waals surface area (Å²) in [7, 11) is 0. The van der Waals surface area contributed by atoms with Crippen LogP contribution in [-0.2, 0) is 11.2 Å². The monoisotopic (exact) mass is 435 g/mol. The Morgan fingerprint density at radius 2 is 2.03 bits per heavy atom. The Labute approximate surface area is 175 Å². The Hall–Kier alpha value is -3.04. The van der Waals surface area contributed by atoms with Crippen LogP contribution in [0.4, 0.5) is 17.6 Å². The van der Waals surface area contributed by atoms with Crippen molar-refractivity contribution in [2.45, 2.75) is 38.3 Å². The molecule has 0 aliphatic carbocycles. The second kappa shape index (κ2) is 8.60. The van der Waals surface area contributed by atoms with Crippen molar-refractivity contribution < 1.29 is 22.4 Å². The number of halogens is 4. The topological polar surface area (TPSA) is 63.4 Å². The molecule has 3 aromatic heterocycles. The highest BCUT2D eigenvalue weighted by Crippen LogP contribution is 2.25. The lowest BCUT2D eigenvalue weighted by Gasteiger charge is -2.33. The predicted octanol–water partition coefficient (Wildman–Crippen LogP) is 4.05. The lowest BCUT2D eigenvalue weighted by molar-refractivity contribution is -0.150. The van der Waals surface area contributed by atoms with Crippen molar-refractivity contribution in [2.75, 3.05) is 13.1 Å². The molecule has 0 unspecified atom stereocenters. The molecule has 1 atom stereocenters. The highest BCUT2D eigenvalue weighted by Gasteiger charge is 2.30. The molecule has 3 aromatic rings. The third-order valence-electron chi connectivity index (χ3n) is 5.40. The number of alkyl halides is 3. The van der Waals surface area contributed by atoms with Crippen molar-refractivity contribution in [3.05, 3.63) is 48.3 Å². The van der Waals surface area contributed by atoms with Gasteiger partial charge in [-0.3, -0.25) is 9.20 Å². The first-order valence-electron chi connectivity index (χ1n) is 10.1. The average molecular weight is 435 g/mol. The summed E-state index contributed by atoms with van der Waals surface area (Å²) >= 11 is 0. The Kier molecular flexibility index (Phi) is 5.88. The first kappa shape index (κ1) is 21.2. The number of carbonyl (C=O) groups excluding carboxylic acids is 1. The Morgan fingerprint density at radius 1 is 1.19 bits per heavy atom. The number of imidazole rings is 1. The van der Waals surface area contributed by atoms with Gasteiger partial charge in [0.1, 0.15) is 17.2 Å². The average Bonchev–Trinajstić information content (AvgIpc) is 3.15. The minimum absolute atomic E-state index is 0.103. The van der Waals surface area contributed by atoms with E-state index < -0.39 is 30.7 Å². The van der Waals surface area contributed by atoms with Crippen molar-refractivity contribution in [2.24, 2.45) is 5.92 Å². The fourth-order valence-electron chi connectivity index (χ4n) is 3.91. The fraction of sp³-hybridized carbons (Fsp3) is 0.429. The molecule has 164 valence electrons. The third-order valence-corrected chi connectivity index (χ3v) is 5.40. The summed E-state index contributed by atoms with van der Waals surface area (Å²) in [5.41, 5.74) is 1.89. The standard InChI is InChI=1S/C21H21F4N5O/c22-15-3-4-18-27-11-17(30(18)13-15)20-26-8-6-16(28-20)10-14-2-1-9-29(12-14)19(31)5-7-21(23,24)25/h3-4,6,8,11,13-14H,1-2,5,7,9-10,12H2/t14-/m0/s1. The number of amides is 1. The predicted molar refractivity (Wildman–Crippen MR) is 104 cm³/mol. The van der Waals surface area contributed by atoms with Gasteiger partial charge < -0.3 is 4.90 Å². The summed E-state index contributed by atoms with van der Waals surface area (Å²) in [4.78, 5) is 26.8. The maximum absolute atomic E-state index is 13.6. The number of pyridine rings is 1. The van der Waals surface area contributed by atoms with Gasteiger partial charge in [-0.05, 0) is 43.4 Å². The highest BCUT2D eigenvalue weighted by atomic mass is 19.4. The Balaban J connectivity index is 1.45. The van der Waals surface area contributed by atoms with Gasteiger partial charge >= 0.3 is 6.18 Å². The first-order valence-corrected chi connectivity index (χ1v) is 10.1. The van der Waals surface area contributed by atoms with Crippen molar-refractivity contribution >= 4 is 11.6 Å². The second-order valence-electron chi connectivity index (χ2n) is 7.76. The van der Waals surface area contributed by atoms with Gasteiger partial charge in [0.05, 0.1) is 12.6 Å². The molecule has 4 heterocycles. The van der Waals surface area contributed by atoms with Crippen LogP contribution in [0.2, 0.25) is 0 Å². The molecule has 0 bridgehead atoms. The van der Waals surface area contributed by atoms with E-state index in [2.05, 4.69) is 15.0 Å². The van der Waals surface area contributed by atoms with Gasteiger partial charge in [-0.2, -0.15) is 13.2 Å². The molecule has 6 nitrogen and oxygen atoms in total. The highest BCUT2D eigenvalue weighted by molar-refractivity contribution is 5.76. The van der Waals surface area contributed by atoms with Crippen molar-refractivity contribution in [1.29, 1.82) is 0 Å². The van der Waals surface area contributed by atoms with E-state index in [-0.39, 0.29) is 5.92 Å². The number of hydrogen-bond donors (Lipinski definition) is 0. The van der Waals surface area contributed by atoms with E-state index in [1.807, 2.05) is 0 Å². The zero-order valence-electron chi connectivity index (χ0n) is 16.6. The summed E-state index contributed by atoms with van der Waals surface area (Å²) < 4.78 is 52.4. The van der Waals surface area contributed by atoms with Crippen LogP contribution in [0.1, 0.15) is 31.4 Å². The molecular formula is C21H21F4N5O. The van der Waals surface area contributed by atoms with Gasteiger partial charge in [0.2, 0.25) is 5.91 Å². The van der Waals surface area contributed by atoms with Crippen LogP contribution in [-0.4, -0.2) is 49.4 Å². The van der Waals surface area contributed by atoms with E-state index in [4.69, 9.17) is 0 Å². The van der Waals surface area contributed by atoms with Crippen molar-refractivity contribution in [1.82, 2.24) is 24.3 Å². The number of piperidine rings is 1. The molecule has 1 fully saturated rings. The summed E-state index contributed by atoms with van der Waals surface area (Å²) in [5, 5.41) is 0. The molecule has 1 amide bonds. The lowest BCUT2D eigenvalue weighted by atomic mass is 9.93. The Morgan fingerprint density at radius 3 is 2.84 bits per heavy atom. The minimum atomic E-state index is -4.33. The molecule has 4 rings (SSSR count). The third kappa shape index (κ3) is 5.18. The summed E-state index contributed by atoms with van der Waals surface area (Å²) in [6, 6.07) is 4.67. The molecule has 1 saturated heterocycles. The molecule has 0 N–H and O–H groups in total. The molecule has 1 aliphatic heterocycles. The molecule has 0 aromatic carbocycles. The van der Waals surface area contributed by atoms with Crippen LogP contribution in [0.25, 0.3) is 17.2 Å². The normalized spacial score (nSPS) is 17.3.